The summed E-state index contributed by atoms with van der Waals surface area (Å²) in [4.78, 5) is 19.9. The molecule has 3 rings (SSSR count). The summed E-state index contributed by atoms with van der Waals surface area (Å²) >= 11 is 1.43. The Balaban J connectivity index is 1.62. The van der Waals surface area contributed by atoms with Gasteiger partial charge < -0.3 is 4.90 Å². The normalized spacial score (nSPS) is 16.2. The fraction of sp³-hybridized carbons (Fsp3) is 0.412. The van der Waals surface area contributed by atoms with Gasteiger partial charge in [0.25, 0.3) is 0 Å². The molecule has 0 spiro atoms. The fourth-order valence-electron chi connectivity index (χ4n) is 2.76. The van der Waals surface area contributed by atoms with Crippen LogP contribution >= 0.6 is 11.3 Å². The molecule has 0 saturated carbocycles. The van der Waals surface area contributed by atoms with Crippen molar-refractivity contribution in [3.63, 3.8) is 0 Å². The molecule has 25 heavy (non-hydrogen) atoms. The van der Waals surface area contributed by atoms with Crippen LogP contribution in [0, 0.1) is 0 Å². The maximum atomic E-state index is 12.6. The second kappa shape index (κ2) is 7.13. The summed E-state index contributed by atoms with van der Waals surface area (Å²) in [6.07, 6.45) is -4.32. The van der Waals surface area contributed by atoms with Gasteiger partial charge in [-0.05, 0) is 12.1 Å². The molecule has 1 aliphatic rings. The Hall–Kier alpha value is -1.93. The van der Waals surface area contributed by atoms with Crippen molar-refractivity contribution < 1.29 is 18.0 Å². The third kappa shape index (κ3) is 4.38. The monoisotopic (exact) mass is 369 g/mol. The molecule has 0 atom stereocenters. The summed E-state index contributed by atoms with van der Waals surface area (Å²) in [5.74, 6) is 0.0953. The SMILES string of the molecule is CC(=O)N1CCN(Cc2csc(-c3ccc(C(F)(F)F)cc3)n2)CC1. The van der Waals surface area contributed by atoms with Crippen molar-refractivity contribution in [1.82, 2.24) is 14.8 Å². The lowest BCUT2D eigenvalue weighted by Crippen LogP contribution is -2.47. The van der Waals surface area contributed by atoms with Crippen LogP contribution in [-0.4, -0.2) is 46.9 Å². The topological polar surface area (TPSA) is 36.4 Å². The Kier molecular flexibility index (Phi) is 5.10. The van der Waals surface area contributed by atoms with E-state index in [0.717, 1.165) is 30.9 Å². The summed E-state index contributed by atoms with van der Waals surface area (Å²) in [5, 5.41) is 2.65. The molecule has 1 aliphatic heterocycles. The average Bonchev–Trinajstić information content (AvgIpc) is 3.03. The summed E-state index contributed by atoms with van der Waals surface area (Å²) in [5.41, 5.74) is 0.929. The standard InChI is InChI=1S/C17H18F3N3OS/c1-12(24)23-8-6-22(7-9-23)10-15-11-25-16(21-15)13-2-4-14(5-3-13)17(18,19)20/h2-5,11H,6-10H2,1H3. The van der Waals surface area contributed by atoms with Gasteiger partial charge in [-0.2, -0.15) is 13.2 Å². The van der Waals surface area contributed by atoms with E-state index in [4.69, 9.17) is 0 Å². The van der Waals surface area contributed by atoms with E-state index in [1.54, 1.807) is 6.92 Å². The molecule has 0 N–H and O–H groups in total. The lowest BCUT2D eigenvalue weighted by Gasteiger charge is -2.33. The highest BCUT2D eigenvalue weighted by Gasteiger charge is 2.30. The zero-order valence-corrected chi connectivity index (χ0v) is 14.5. The fourth-order valence-corrected chi connectivity index (χ4v) is 3.58. The molecule has 134 valence electrons. The number of hydrogen-bond acceptors (Lipinski definition) is 4. The number of amides is 1. The number of thiazole rings is 1. The molecule has 0 bridgehead atoms. The second-order valence-electron chi connectivity index (χ2n) is 6.00. The van der Waals surface area contributed by atoms with Crippen LogP contribution < -0.4 is 0 Å². The molecular weight excluding hydrogens is 351 g/mol. The van der Waals surface area contributed by atoms with Gasteiger partial charge in [-0.3, -0.25) is 9.69 Å². The molecule has 1 aromatic carbocycles. The maximum absolute atomic E-state index is 12.6. The molecule has 2 aromatic rings. The molecule has 4 nitrogen and oxygen atoms in total. The summed E-state index contributed by atoms with van der Waals surface area (Å²) < 4.78 is 37.9. The van der Waals surface area contributed by atoms with Crippen LogP contribution in [0.2, 0.25) is 0 Å². The number of carbonyl (C=O) groups excluding carboxylic acids is 1. The van der Waals surface area contributed by atoms with E-state index in [1.807, 2.05) is 10.3 Å². The first-order valence-corrected chi connectivity index (χ1v) is 8.81. The largest absolute Gasteiger partial charge is 0.416 e. The smallest absolute Gasteiger partial charge is 0.340 e. The van der Waals surface area contributed by atoms with E-state index in [0.29, 0.717) is 30.2 Å². The number of rotatable bonds is 3. The predicted molar refractivity (Wildman–Crippen MR) is 90.1 cm³/mol. The number of piperazine rings is 1. The Morgan fingerprint density at radius 3 is 2.36 bits per heavy atom. The first-order chi connectivity index (χ1) is 11.8. The first kappa shape index (κ1) is 17.9. The van der Waals surface area contributed by atoms with E-state index in [-0.39, 0.29) is 5.91 Å². The van der Waals surface area contributed by atoms with Gasteiger partial charge in [0.05, 0.1) is 11.3 Å². The van der Waals surface area contributed by atoms with Crippen LogP contribution in [0.15, 0.2) is 29.6 Å². The van der Waals surface area contributed by atoms with Crippen molar-refractivity contribution in [3.05, 3.63) is 40.9 Å². The van der Waals surface area contributed by atoms with Crippen LogP contribution in [-0.2, 0) is 17.5 Å². The highest BCUT2D eigenvalue weighted by atomic mass is 32.1. The summed E-state index contributed by atoms with van der Waals surface area (Å²) in [6, 6.07) is 5.07. The van der Waals surface area contributed by atoms with Crippen LogP contribution in [0.4, 0.5) is 13.2 Å². The minimum atomic E-state index is -4.32. The van der Waals surface area contributed by atoms with Crippen LogP contribution in [0.3, 0.4) is 0 Å². The van der Waals surface area contributed by atoms with Crippen molar-refractivity contribution in [1.29, 1.82) is 0 Å². The average molecular weight is 369 g/mol. The molecule has 1 fully saturated rings. The molecule has 0 aliphatic carbocycles. The minimum Gasteiger partial charge on any atom is -0.340 e. The quantitative estimate of drug-likeness (QED) is 0.831. The van der Waals surface area contributed by atoms with Gasteiger partial charge in [0, 0.05) is 50.6 Å². The number of nitrogens with zero attached hydrogens (tertiary/aromatic N) is 3. The number of hydrogen-bond donors (Lipinski definition) is 0. The number of carbonyl (C=O) groups is 1. The van der Waals surface area contributed by atoms with E-state index in [2.05, 4.69) is 9.88 Å². The number of aromatic nitrogens is 1. The summed E-state index contributed by atoms with van der Waals surface area (Å²) in [7, 11) is 0. The van der Waals surface area contributed by atoms with Gasteiger partial charge in [-0.25, -0.2) is 4.98 Å². The van der Waals surface area contributed by atoms with Crippen molar-refractivity contribution >= 4 is 17.2 Å². The van der Waals surface area contributed by atoms with Crippen LogP contribution in [0.1, 0.15) is 18.2 Å². The molecule has 2 heterocycles. The molecule has 1 aromatic heterocycles. The zero-order chi connectivity index (χ0) is 18.0. The van der Waals surface area contributed by atoms with E-state index >= 15 is 0 Å². The van der Waals surface area contributed by atoms with Crippen molar-refractivity contribution in [3.8, 4) is 10.6 Å². The molecular formula is C17H18F3N3OS. The highest BCUT2D eigenvalue weighted by Crippen LogP contribution is 2.31. The van der Waals surface area contributed by atoms with Crippen LogP contribution in [0.5, 0.6) is 0 Å². The van der Waals surface area contributed by atoms with Gasteiger partial charge in [0.15, 0.2) is 0 Å². The lowest BCUT2D eigenvalue weighted by atomic mass is 10.1. The second-order valence-corrected chi connectivity index (χ2v) is 6.86. The number of alkyl halides is 3. The maximum Gasteiger partial charge on any atom is 0.416 e. The first-order valence-electron chi connectivity index (χ1n) is 7.93. The Bertz CT molecular complexity index is 734. The molecule has 1 saturated heterocycles. The van der Waals surface area contributed by atoms with Crippen molar-refractivity contribution in [2.24, 2.45) is 0 Å². The van der Waals surface area contributed by atoms with E-state index in [9.17, 15) is 18.0 Å². The third-order valence-corrected chi connectivity index (χ3v) is 5.15. The highest BCUT2D eigenvalue weighted by molar-refractivity contribution is 7.13. The minimum absolute atomic E-state index is 0.0953. The molecule has 0 unspecified atom stereocenters. The molecule has 0 radical (unpaired) electrons. The van der Waals surface area contributed by atoms with Crippen molar-refractivity contribution in [2.75, 3.05) is 26.2 Å². The van der Waals surface area contributed by atoms with Gasteiger partial charge in [-0.1, -0.05) is 12.1 Å². The Labute approximate surface area is 147 Å². The number of halogens is 3. The van der Waals surface area contributed by atoms with Gasteiger partial charge in [-0.15, -0.1) is 11.3 Å². The molecule has 8 heteroatoms. The zero-order valence-electron chi connectivity index (χ0n) is 13.7. The van der Waals surface area contributed by atoms with Crippen LogP contribution in [0.25, 0.3) is 10.6 Å². The van der Waals surface area contributed by atoms with E-state index < -0.39 is 11.7 Å². The van der Waals surface area contributed by atoms with Gasteiger partial charge in [0.2, 0.25) is 5.91 Å². The van der Waals surface area contributed by atoms with E-state index in [1.165, 1.54) is 23.5 Å². The van der Waals surface area contributed by atoms with Gasteiger partial charge >= 0.3 is 6.18 Å². The summed E-state index contributed by atoms with van der Waals surface area (Å²) in [6.45, 7) is 5.28. The van der Waals surface area contributed by atoms with Crippen molar-refractivity contribution in [2.45, 2.75) is 19.6 Å². The Morgan fingerprint density at radius 1 is 1.16 bits per heavy atom. The third-order valence-electron chi connectivity index (χ3n) is 4.21. The van der Waals surface area contributed by atoms with Gasteiger partial charge in [0.1, 0.15) is 5.01 Å². The Morgan fingerprint density at radius 2 is 1.80 bits per heavy atom. The predicted octanol–water partition coefficient (Wildman–Crippen LogP) is 3.49. The number of benzene rings is 1. The molecule has 1 amide bonds. The lowest BCUT2D eigenvalue weighted by molar-refractivity contribution is -0.137.